The number of hydrogen-bond donors (Lipinski definition) is 1. The Hall–Kier alpha value is -0.770. The molecule has 1 aliphatic rings. The van der Waals surface area contributed by atoms with Crippen molar-refractivity contribution >= 4 is 6.16 Å². The fourth-order valence-electron chi connectivity index (χ4n) is 1.45. The van der Waals surface area contributed by atoms with E-state index >= 15 is 0 Å². The lowest BCUT2D eigenvalue weighted by atomic mass is 9.95. The zero-order chi connectivity index (χ0) is 9.68. The second-order valence-corrected chi connectivity index (χ2v) is 3.23. The molecule has 0 atom stereocenters. The Balaban J connectivity index is 2.18. The van der Waals surface area contributed by atoms with E-state index in [-0.39, 0.29) is 12.2 Å². The van der Waals surface area contributed by atoms with E-state index in [9.17, 15) is 9.90 Å². The molecule has 76 valence electrons. The van der Waals surface area contributed by atoms with Gasteiger partial charge < -0.3 is 14.6 Å². The van der Waals surface area contributed by atoms with Gasteiger partial charge >= 0.3 is 6.16 Å². The first-order chi connectivity index (χ1) is 6.22. The van der Waals surface area contributed by atoms with Gasteiger partial charge in [0.1, 0.15) is 6.10 Å². The van der Waals surface area contributed by atoms with Crippen LogP contribution in [0.25, 0.3) is 0 Å². The molecule has 0 saturated heterocycles. The summed E-state index contributed by atoms with van der Waals surface area (Å²) in [6.07, 6.45) is 2.02. The van der Waals surface area contributed by atoms with Gasteiger partial charge in [0.15, 0.2) is 0 Å². The number of aliphatic hydroxyl groups is 1. The van der Waals surface area contributed by atoms with Crippen LogP contribution in [0.2, 0.25) is 0 Å². The average Bonchev–Trinajstić information content (AvgIpc) is 2.09. The van der Waals surface area contributed by atoms with Crippen LogP contribution in [-0.4, -0.2) is 30.1 Å². The van der Waals surface area contributed by atoms with Crippen molar-refractivity contribution in [2.45, 2.75) is 44.8 Å². The number of ether oxygens (including phenoxy) is 2. The predicted octanol–water partition coefficient (Wildman–Crippen LogP) is 1.46. The maximum Gasteiger partial charge on any atom is 0.508 e. The molecule has 1 N–H and O–H groups in total. The normalized spacial score (nSPS) is 28.2. The largest absolute Gasteiger partial charge is 0.508 e. The number of rotatable bonds is 2. The first kappa shape index (κ1) is 10.3. The minimum Gasteiger partial charge on any atom is -0.435 e. The van der Waals surface area contributed by atoms with Crippen LogP contribution in [0, 0.1) is 0 Å². The highest BCUT2D eigenvalue weighted by atomic mass is 16.7. The SMILES string of the molecule is CCOC(=O)OC1CCC(O)CC1. The molecule has 0 bridgehead atoms. The van der Waals surface area contributed by atoms with E-state index in [0.717, 1.165) is 12.8 Å². The van der Waals surface area contributed by atoms with Crippen molar-refractivity contribution in [2.75, 3.05) is 6.61 Å². The fourth-order valence-corrected chi connectivity index (χ4v) is 1.45. The highest BCUT2D eigenvalue weighted by molar-refractivity contribution is 5.60. The minimum absolute atomic E-state index is 0.0672. The molecular weight excluding hydrogens is 172 g/mol. The van der Waals surface area contributed by atoms with Crippen LogP contribution in [0.15, 0.2) is 0 Å². The summed E-state index contributed by atoms with van der Waals surface area (Å²) in [6, 6.07) is 0. The van der Waals surface area contributed by atoms with Crippen molar-refractivity contribution in [1.82, 2.24) is 0 Å². The van der Waals surface area contributed by atoms with Gasteiger partial charge in [0.25, 0.3) is 0 Å². The number of carbonyl (C=O) groups excluding carboxylic acids is 1. The Morgan fingerprint density at radius 3 is 2.54 bits per heavy atom. The van der Waals surface area contributed by atoms with Crippen molar-refractivity contribution in [2.24, 2.45) is 0 Å². The van der Waals surface area contributed by atoms with Gasteiger partial charge in [-0.15, -0.1) is 0 Å². The van der Waals surface area contributed by atoms with Crippen molar-refractivity contribution in [1.29, 1.82) is 0 Å². The van der Waals surface area contributed by atoms with Crippen LogP contribution in [0.3, 0.4) is 0 Å². The van der Waals surface area contributed by atoms with E-state index in [4.69, 9.17) is 4.74 Å². The Bertz CT molecular complexity index is 161. The molecule has 0 unspecified atom stereocenters. The van der Waals surface area contributed by atoms with E-state index in [1.165, 1.54) is 0 Å². The molecule has 0 aromatic carbocycles. The Morgan fingerprint density at radius 2 is 2.00 bits per heavy atom. The third-order valence-corrected chi connectivity index (χ3v) is 2.17. The van der Waals surface area contributed by atoms with Gasteiger partial charge in [0.05, 0.1) is 12.7 Å². The third-order valence-electron chi connectivity index (χ3n) is 2.17. The summed E-state index contributed by atoms with van der Waals surface area (Å²) in [5.41, 5.74) is 0. The van der Waals surface area contributed by atoms with Crippen molar-refractivity contribution in [3.05, 3.63) is 0 Å². The first-order valence-electron chi connectivity index (χ1n) is 4.74. The molecule has 0 spiro atoms. The van der Waals surface area contributed by atoms with Crippen molar-refractivity contribution in [3.63, 3.8) is 0 Å². The zero-order valence-electron chi connectivity index (χ0n) is 7.86. The summed E-state index contributed by atoms with van der Waals surface area (Å²) in [4.78, 5) is 10.9. The molecule has 0 aromatic rings. The highest BCUT2D eigenvalue weighted by Crippen LogP contribution is 2.21. The van der Waals surface area contributed by atoms with E-state index in [1.54, 1.807) is 6.92 Å². The summed E-state index contributed by atoms with van der Waals surface area (Å²) < 4.78 is 9.66. The van der Waals surface area contributed by atoms with Gasteiger partial charge in [0, 0.05) is 0 Å². The van der Waals surface area contributed by atoms with Gasteiger partial charge in [-0.3, -0.25) is 0 Å². The second-order valence-electron chi connectivity index (χ2n) is 3.23. The molecule has 13 heavy (non-hydrogen) atoms. The van der Waals surface area contributed by atoms with Crippen LogP contribution in [0.1, 0.15) is 32.6 Å². The molecule has 1 aliphatic carbocycles. The fraction of sp³-hybridized carbons (Fsp3) is 0.889. The van der Waals surface area contributed by atoms with Crippen LogP contribution in [0.4, 0.5) is 4.79 Å². The summed E-state index contributed by atoms with van der Waals surface area (Å²) in [6.45, 7) is 2.08. The number of hydrogen-bond acceptors (Lipinski definition) is 4. The molecule has 0 radical (unpaired) electrons. The average molecular weight is 188 g/mol. The molecule has 1 saturated carbocycles. The predicted molar refractivity (Wildman–Crippen MR) is 46.4 cm³/mol. The number of aliphatic hydroxyl groups excluding tert-OH is 1. The summed E-state index contributed by atoms with van der Waals surface area (Å²) in [5.74, 6) is 0. The monoisotopic (exact) mass is 188 g/mol. The van der Waals surface area contributed by atoms with E-state index in [0.29, 0.717) is 19.4 Å². The van der Waals surface area contributed by atoms with Gasteiger partial charge in [-0.1, -0.05) is 0 Å². The first-order valence-corrected chi connectivity index (χ1v) is 4.74. The molecule has 4 heteroatoms. The molecular formula is C9H16O4. The number of carbonyl (C=O) groups is 1. The lowest BCUT2D eigenvalue weighted by Gasteiger charge is -2.24. The Labute approximate surface area is 77.8 Å². The van der Waals surface area contributed by atoms with E-state index in [2.05, 4.69) is 4.74 Å². The maximum atomic E-state index is 10.9. The van der Waals surface area contributed by atoms with Crippen LogP contribution in [-0.2, 0) is 9.47 Å². The summed E-state index contributed by atoms with van der Waals surface area (Å²) >= 11 is 0. The van der Waals surface area contributed by atoms with Crippen LogP contribution < -0.4 is 0 Å². The van der Waals surface area contributed by atoms with Gasteiger partial charge in [-0.25, -0.2) is 4.79 Å². The topological polar surface area (TPSA) is 55.8 Å². The molecule has 0 aromatic heterocycles. The van der Waals surface area contributed by atoms with Gasteiger partial charge in [-0.2, -0.15) is 0 Å². The molecule has 1 fully saturated rings. The highest BCUT2D eigenvalue weighted by Gasteiger charge is 2.22. The van der Waals surface area contributed by atoms with Gasteiger partial charge in [0.2, 0.25) is 0 Å². The molecule has 0 aliphatic heterocycles. The van der Waals surface area contributed by atoms with Crippen molar-refractivity contribution in [3.8, 4) is 0 Å². The van der Waals surface area contributed by atoms with Crippen molar-refractivity contribution < 1.29 is 19.4 Å². The zero-order valence-corrected chi connectivity index (χ0v) is 7.86. The Kier molecular flexibility index (Phi) is 4.02. The maximum absolute atomic E-state index is 10.9. The lowest BCUT2D eigenvalue weighted by molar-refractivity contribution is -0.00511. The minimum atomic E-state index is -0.594. The quantitative estimate of drug-likeness (QED) is 0.666. The smallest absolute Gasteiger partial charge is 0.435 e. The van der Waals surface area contributed by atoms with Crippen LogP contribution >= 0.6 is 0 Å². The molecule has 0 heterocycles. The van der Waals surface area contributed by atoms with Gasteiger partial charge in [-0.05, 0) is 32.6 Å². The molecule has 0 amide bonds. The van der Waals surface area contributed by atoms with E-state index < -0.39 is 6.16 Å². The Morgan fingerprint density at radius 1 is 1.38 bits per heavy atom. The molecule has 1 rings (SSSR count). The standard InChI is InChI=1S/C9H16O4/c1-2-12-9(11)13-8-5-3-7(10)4-6-8/h7-8,10H,2-6H2,1H3. The third kappa shape index (κ3) is 3.63. The van der Waals surface area contributed by atoms with E-state index in [1.807, 2.05) is 0 Å². The van der Waals surface area contributed by atoms with Crippen LogP contribution in [0.5, 0.6) is 0 Å². The molecule has 4 nitrogen and oxygen atoms in total. The summed E-state index contributed by atoms with van der Waals surface area (Å²) in [5, 5.41) is 9.19. The second kappa shape index (κ2) is 5.07. The summed E-state index contributed by atoms with van der Waals surface area (Å²) in [7, 11) is 0. The lowest BCUT2D eigenvalue weighted by Crippen LogP contribution is -2.26.